The van der Waals surface area contributed by atoms with Crippen LogP contribution in [0.3, 0.4) is 0 Å². The van der Waals surface area contributed by atoms with Crippen molar-refractivity contribution in [3.05, 3.63) is 35.0 Å². The standard InChI is InChI=1S/C14H17ClN2O2/c1-3-17-8-9(13(16)14(18)19-4-2)12-10(15)6-5-7-11(12)17/h5-8,13H,3-4,16H2,1-2H3. The quantitative estimate of drug-likeness (QED) is 0.876. The fourth-order valence-electron chi connectivity index (χ4n) is 2.20. The highest BCUT2D eigenvalue weighted by molar-refractivity contribution is 6.35. The van der Waals surface area contributed by atoms with Gasteiger partial charge in [-0.15, -0.1) is 0 Å². The van der Waals surface area contributed by atoms with Crippen molar-refractivity contribution in [2.24, 2.45) is 5.73 Å². The zero-order chi connectivity index (χ0) is 14.0. The average molecular weight is 281 g/mol. The van der Waals surface area contributed by atoms with Crippen molar-refractivity contribution >= 4 is 28.5 Å². The maximum atomic E-state index is 11.8. The zero-order valence-corrected chi connectivity index (χ0v) is 11.8. The average Bonchev–Trinajstić information content (AvgIpc) is 2.78. The van der Waals surface area contributed by atoms with Crippen LogP contribution in [0.4, 0.5) is 0 Å². The molecule has 0 aliphatic rings. The highest BCUT2D eigenvalue weighted by Crippen LogP contribution is 2.32. The van der Waals surface area contributed by atoms with Crippen LogP contribution in [0.2, 0.25) is 5.02 Å². The summed E-state index contributed by atoms with van der Waals surface area (Å²) in [4.78, 5) is 11.8. The lowest BCUT2D eigenvalue weighted by Gasteiger charge is -2.09. The molecule has 1 aromatic heterocycles. The number of carbonyl (C=O) groups is 1. The van der Waals surface area contributed by atoms with E-state index >= 15 is 0 Å². The van der Waals surface area contributed by atoms with E-state index in [1.165, 1.54) is 0 Å². The van der Waals surface area contributed by atoms with Crippen LogP contribution in [-0.2, 0) is 16.1 Å². The molecule has 2 rings (SSSR count). The molecule has 0 aliphatic carbocycles. The minimum Gasteiger partial charge on any atom is -0.465 e. The molecule has 0 bridgehead atoms. The lowest BCUT2D eigenvalue weighted by Crippen LogP contribution is -2.23. The fraction of sp³-hybridized carbons (Fsp3) is 0.357. The number of carbonyl (C=O) groups excluding carboxylic acids is 1. The van der Waals surface area contributed by atoms with Crippen LogP contribution in [-0.4, -0.2) is 17.1 Å². The van der Waals surface area contributed by atoms with Crippen molar-refractivity contribution in [1.29, 1.82) is 0 Å². The number of aryl methyl sites for hydroxylation is 1. The van der Waals surface area contributed by atoms with E-state index in [-0.39, 0.29) is 0 Å². The third kappa shape index (κ3) is 2.46. The van der Waals surface area contributed by atoms with Gasteiger partial charge in [-0.25, -0.2) is 4.79 Å². The first-order valence-electron chi connectivity index (χ1n) is 6.29. The van der Waals surface area contributed by atoms with Gasteiger partial charge in [0.25, 0.3) is 0 Å². The van der Waals surface area contributed by atoms with E-state index in [0.717, 1.165) is 17.4 Å². The third-order valence-corrected chi connectivity index (χ3v) is 3.42. The zero-order valence-electron chi connectivity index (χ0n) is 11.0. The summed E-state index contributed by atoms with van der Waals surface area (Å²) < 4.78 is 7.00. The molecule has 0 amide bonds. The van der Waals surface area contributed by atoms with Gasteiger partial charge in [-0.2, -0.15) is 0 Å². The minimum absolute atomic E-state index is 0.312. The Kier molecular flexibility index (Phi) is 4.12. The van der Waals surface area contributed by atoms with Gasteiger partial charge in [0.15, 0.2) is 0 Å². The van der Waals surface area contributed by atoms with E-state index in [1.807, 2.05) is 29.8 Å². The summed E-state index contributed by atoms with van der Waals surface area (Å²) in [5.41, 5.74) is 7.67. The molecule has 19 heavy (non-hydrogen) atoms. The third-order valence-electron chi connectivity index (χ3n) is 3.10. The summed E-state index contributed by atoms with van der Waals surface area (Å²) in [6.45, 7) is 4.88. The van der Waals surface area contributed by atoms with E-state index in [0.29, 0.717) is 17.2 Å². The first-order valence-corrected chi connectivity index (χ1v) is 6.67. The Labute approximate surface area is 117 Å². The molecular formula is C14H17ClN2O2. The van der Waals surface area contributed by atoms with E-state index in [1.54, 1.807) is 13.0 Å². The number of esters is 1. The Morgan fingerprint density at radius 1 is 1.47 bits per heavy atom. The van der Waals surface area contributed by atoms with Crippen molar-refractivity contribution in [2.45, 2.75) is 26.4 Å². The maximum absolute atomic E-state index is 11.8. The second-order valence-electron chi connectivity index (χ2n) is 4.23. The van der Waals surface area contributed by atoms with Crippen LogP contribution in [0.25, 0.3) is 10.9 Å². The number of aromatic nitrogens is 1. The van der Waals surface area contributed by atoms with Gasteiger partial charge in [-0.1, -0.05) is 17.7 Å². The number of benzene rings is 1. The molecule has 0 saturated heterocycles. The molecule has 0 fully saturated rings. The lowest BCUT2D eigenvalue weighted by atomic mass is 10.1. The number of fused-ring (bicyclic) bond motifs is 1. The van der Waals surface area contributed by atoms with E-state index in [9.17, 15) is 4.79 Å². The van der Waals surface area contributed by atoms with Crippen LogP contribution in [0.1, 0.15) is 25.5 Å². The van der Waals surface area contributed by atoms with Crippen LogP contribution < -0.4 is 5.73 Å². The van der Waals surface area contributed by atoms with Gasteiger partial charge in [0.2, 0.25) is 0 Å². The highest BCUT2D eigenvalue weighted by atomic mass is 35.5. The largest absolute Gasteiger partial charge is 0.465 e. The molecule has 5 heteroatoms. The van der Waals surface area contributed by atoms with Gasteiger partial charge in [0, 0.05) is 29.2 Å². The van der Waals surface area contributed by atoms with Crippen LogP contribution in [0.15, 0.2) is 24.4 Å². The number of nitrogens with two attached hydrogens (primary N) is 1. The molecular weight excluding hydrogens is 264 g/mol. The van der Waals surface area contributed by atoms with Gasteiger partial charge in [0.05, 0.1) is 11.6 Å². The number of nitrogens with zero attached hydrogens (tertiary/aromatic N) is 1. The molecule has 0 radical (unpaired) electrons. The molecule has 1 atom stereocenters. The summed E-state index contributed by atoms with van der Waals surface area (Å²) in [5.74, 6) is -0.433. The number of halogens is 1. The number of ether oxygens (including phenoxy) is 1. The molecule has 0 saturated carbocycles. The summed E-state index contributed by atoms with van der Waals surface area (Å²) in [5, 5.41) is 1.42. The molecule has 0 aliphatic heterocycles. The molecule has 1 heterocycles. The summed E-state index contributed by atoms with van der Waals surface area (Å²) >= 11 is 6.24. The fourth-order valence-corrected chi connectivity index (χ4v) is 2.47. The van der Waals surface area contributed by atoms with Crippen molar-refractivity contribution in [3.8, 4) is 0 Å². The Hall–Kier alpha value is -1.52. The number of rotatable bonds is 4. The normalized spacial score (nSPS) is 12.6. The second-order valence-corrected chi connectivity index (χ2v) is 4.64. The van der Waals surface area contributed by atoms with Crippen molar-refractivity contribution in [1.82, 2.24) is 4.57 Å². The van der Waals surface area contributed by atoms with Crippen molar-refractivity contribution in [3.63, 3.8) is 0 Å². The number of hydrogen-bond donors (Lipinski definition) is 1. The van der Waals surface area contributed by atoms with Gasteiger partial charge < -0.3 is 15.0 Å². The molecule has 4 nitrogen and oxygen atoms in total. The maximum Gasteiger partial charge on any atom is 0.327 e. The molecule has 0 spiro atoms. The van der Waals surface area contributed by atoms with Crippen LogP contribution >= 0.6 is 11.6 Å². The predicted octanol–water partition coefficient (Wildman–Crippen LogP) is 2.88. The summed E-state index contributed by atoms with van der Waals surface area (Å²) in [7, 11) is 0. The molecule has 2 aromatic rings. The summed E-state index contributed by atoms with van der Waals surface area (Å²) in [6, 6.07) is 4.84. The predicted molar refractivity (Wildman–Crippen MR) is 76.2 cm³/mol. The number of hydrogen-bond acceptors (Lipinski definition) is 3. The Morgan fingerprint density at radius 3 is 2.84 bits per heavy atom. The molecule has 1 aromatic carbocycles. The summed E-state index contributed by atoms with van der Waals surface area (Å²) in [6.07, 6.45) is 1.87. The lowest BCUT2D eigenvalue weighted by molar-refractivity contribution is -0.144. The SMILES string of the molecule is CCOC(=O)C(N)c1cn(CC)c2cccc(Cl)c12. The molecule has 102 valence electrons. The van der Waals surface area contributed by atoms with E-state index in [2.05, 4.69) is 0 Å². The van der Waals surface area contributed by atoms with Crippen molar-refractivity contribution < 1.29 is 9.53 Å². The second kappa shape index (κ2) is 5.63. The minimum atomic E-state index is -0.810. The smallest absolute Gasteiger partial charge is 0.327 e. The van der Waals surface area contributed by atoms with Crippen LogP contribution in [0, 0.1) is 0 Å². The van der Waals surface area contributed by atoms with E-state index in [4.69, 9.17) is 22.1 Å². The monoisotopic (exact) mass is 280 g/mol. The van der Waals surface area contributed by atoms with E-state index < -0.39 is 12.0 Å². The molecule has 1 unspecified atom stereocenters. The highest BCUT2D eigenvalue weighted by Gasteiger charge is 2.23. The van der Waals surface area contributed by atoms with Gasteiger partial charge >= 0.3 is 5.97 Å². The Balaban J connectivity index is 2.57. The van der Waals surface area contributed by atoms with Crippen molar-refractivity contribution in [2.75, 3.05) is 6.61 Å². The Bertz CT molecular complexity index is 607. The van der Waals surface area contributed by atoms with Crippen LogP contribution in [0.5, 0.6) is 0 Å². The molecule has 2 N–H and O–H groups in total. The Morgan fingerprint density at radius 2 is 2.21 bits per heavy atom. The van der Waals surface area contributed by atoms with Gasteiger partial charge in [0.1, 0.15) is 6.04 Å². The topological polar surface area (TPSA) is 57.2 Å². The first kappa shape index (κ1) is 13.9. The first-order chi connectivity index (χ1) is 9.10. The van der Waals surface area contributed by atoms with Gasteiger partial charge in [-0.3, -0.25) is 0 Å². The van der Waals surface area contributed by atoms with Gasteiger partial charge in [-0.05, 0) is 26.0 Å².